The second kappa shape index (κ2) is 88.2. The molecule has 0 aromatic rings. The van der Waals surface area contributed by atoms with Crippen molar-refractivity contribution in [2.75, 3.05) is 0 Å². The van der Waals surface area contributed by atoms with Crippen molar-refractivity contribution in [3.63, 3.8) is 0 Å². The summed E-state index contributed by atoms with van der Waals surface area (Å²) in [7, 11) is 0. The van der Waals surface area contributed by atoms with Crippen LogP contribution in [0.3, 0.4) is 0 Å². The average molecular weight is 565 g/mol. The molecule has 0 rings (SSSR count). The predicted octanol–water partition coefficient (Wildman–Crippen LogP) is 3.57. The Bertz CT molecular complexity index is 99.6. The van der Waals surface area contributed by atoms with E-state index in [1.165, 1.54) is 51.4 Å². The molecular weight excluding hydrogens is 518 g/mol. The number of aliphatic carboxylic acids is 1. The Morgan fingerprint density at radius 2 is 0.583 bits per heavy atom. The number of hydrogen-bond acceptors (Lipinski definition) is 2. The fourth-order valence-electron chi connectivity index (χ4n) is 0. The molecule has 0 bridgehead atoms. The Balaban J connectivity index is -0.0000000161. The first-order valence-electron chi connectivity index (χ1n) is 8.57. The predicted molar refractivity (Wildman–Crippen MR) is 112 cm³/mol. The van der Waals surface area contributed by atoms with Gasteiger partial charge in [0.25, 0.3) is 0 Å². The van der Waals surface area contributed by atoms with E-state index in [1.807, 2.05) is 0 Å². The van der Waals surface area contributed by atoms with Gasteiger partial charge in [0.15, 0.2) is 0 Å². The number of hydrogen-bond donors (Lipinski definition) is 0. The molecule has 0 aliphatic heterocycles. The van der Waals surface area contributed by atoms with Crippen molar-refractivity contribution in [3.8, 4) is 0 Å². The zero-order chi connectivity index (χ0) is 17.2. The van der Waals surface area contributed by atoms with Crippen LogP contribution in [-0.4, -0.2) is 64.7 Å². The number of rotatable bonds is 4. The van der Waals surface area contributed by atoms with Gasteiger partial charge in [-0.1, -0.05) is 107 Å². The molecule has 0 aromatic heterocycles. The number of carbonyl (C=O) groups excluding carboxylic acids is 1. The summed E-state index contributed by atoms with van der Waals surface area (Å²) >= 11 is 0. The van der Waals surface area contributed by atoms with Gasteiger partial charge < -0.3 is 20.9 Å². The van der Waals surface area contributed by atoms with Gasteiger partial charge in [0.1, 0.15) is 0 Å². The first-order valence-corrected chi connectivity index (χ1v) is 8.57. The molecule has 4 nitrogen and oxygen atoms in total. The molecule has 0 atom stereocenters. The van der Waals surface area contributed by atoms with Gasteiger partial charge in [-0.15, -0.1) is 0 Å². The van der Waals surface area contributed by atoms with Crippen LogP contribution < -0.4 is 5.11 Å². The summed E-state index contributed by atoms with van der Waals surface area (Å²) < 4.78 is 0. The van der Waals surface area contributed by atoms with Crippen molar-refractivity contribution in [2.45, 2.75) is 114 Å². The molecule has 4 N–H and O–H groups in total. The summed E-state index contributed by atoms with van der Waals surface area (Å²) in [6.45, 7) is 18.4. The summed E-state index contributed by atoms with van der Waals surface area (Å²) in [6.07, 6.45) is 10.6. The van der Waals surface area contributed by atoms with Gasteiger partial charge in [0, 0.05) is 53.8 Å². The van der Waals surface area contributed by atoms with Gasteiger partial charge in [-0.05, 0) is 6.92 Å². The third kappa shape index (κ3) is 447. The molecule has 0 aromatic carbocycles. The van der Waals surface area contributed by atoms with Crippen LogP contribution in [0.15, 0.2) is 0 Å². The second-order valence-corrected chi connectivity index (χ2v) is 4.49. The van der Waals surface area contributed by atoms with E-state index in [2.05, 4.69) is 55.4 Å². The van der Waals surface area contributed by atoms with E-state index in [0.717, 1.165) is 6.92 Å². The fourth-order valence-corrected chi connectivity index (χ4v) is 0. The molecule has 0 heterocycles. The SMILES string of the molecule is CC(=O)[O-].CCCC.CCCC.CCCC.CCCC.O.O.[Sn].[Sn]. The Kier molecular flexibility index (Phi) is 207. The quantitative estimate of drug-likeness (QED) is 0.487. The molecule has 0 unspecified atom stereocenters. The summed E-state index contributed by atoms with van der Waals surface area (Å²) in [4.78, 5) is 8.89. The average Bonchev–Trinajstić information content (AvgIpc) is 2.47. The van der Waals surface area contributed by atoms with Crippen LogP contribution in [0.2, 0.25) is 0 Å². The van der Waals surface area contributed by atoms with E-state index in [-0.39, 0.29) is 58.8 Å². The molecule has 0 saturated carbocycles. The van der Waals surface area contributed by atoms with Crippen molar-refractivity contribution in [1.82, 2.24) is 0 Å². The Morgan fingerprint density at radius 3 is 0.583 bits per heavy atom. The van der Waals surface area contributed by atoms with Crippen molar-refractivity contribution in [2.24, 2.45) is 0 Å². The van der Waals surface area contributed by atoms with E-state index in [9.17, 15) is 0 Å². The summed E-state index contributed by atoms with van der Waals surface area (Å²) in [5, 5.41) is 8.89. The van der Waals surface area contributed by atoms with Gasteiger partial charge in [-0.2, -0.15) is 0 Å². The van der Waals surface area contributed by atoms with E-state index in [4.69, 9.17) is 9.90 Å². The van der Waals surface area contributed by atoms with Gasteiger partial charge in [-0.3, -0.25) is 0 Å². The first-order chi connectivity index (χ1) is 9.39. The van der Waals surface area contributed by atoms with Gasteiger partial charge in [0.05, 0.1) is 0 Å². The van der Waals surface area contributed by atoms with E-state index < -0.39 is 5.97 Å². The van der Waals surface area contributed by atoms with Gasteiger partial charge >= 0.3 is 0 Å². The van der Waals surface area contributed by atoms with E-state index >= 15 is 0 Å². The maximum absolute atomic E-state index is 8.89. The smallest absolute Gasteiger partial charge is 0.0383 e. The zero-order valence-corrected chi connectivity index (χ0v) is 23.7. The Labute approximate surface area is 187 Å². The van der Waals surface area contributed by atoms with Gasteiger partial charge in [0.2, 0.25) is 0 Å². The summed E-state index contributed by atoms with van der Waals surface area (Å²) in [6, 6.07) is 0. The monoisotopic (exact) mass is 567 g/mol. The molecule has 0 fully saturated rings. The third-order valence-electron chi connectivity index (χ3n) is 2.00. The molecule has 0 amide bonds. The minimum absolute atomic E-state index is 0. The normalized spacial score (nSPS) is 6.04. The number of unbranched alkanes of at least 4 members (excludes halogenated alkanes) is 4. The molecule has 8 radical (unpaired) electrons. The third-order valence-corrected chi connectivity index (χ3v) is 2.00. The van der Waals surface area contributed by atoms with Crippen molar-refractivity contribution in [3.05, 3.63) is 0 Å². The maximum atomic E-state index is 8.89. The maximum Gasteiger partial charge on any atom is 0.0383 e. The van der Waals surface area contributed by atoms with E-state index in [1.54, 1.807) is 0 Å². The molecule has 152 valence electrons. The van der Waals surface area contributed by atoms with Crippen molar-refractivity contribution in [1.29, 1.82) is 0 Å². The van der Waals surface area contributed by atoms with Crippen LogP contribution in [0.1, 0.15) is 114 Å². The van der Waals surface area contributed by atoms with Crippen LogP contribution in [0, 0.1) is 0 Å². The molecule has 6 heteroatoms. The second-order valence-electron chi connectivity index (χ2n) is 4.49. The van der Waals surface area contributed by atoms with Crippen molar-refractivity contribution >= 4 is 53.8 Å². The Hall–Kier alpha value is 0.987. The molecule has 0 saturated heterocycles. The molecule has 0 aliphatic rings. The minimum atomic E-state index is -1.08. The van der Waals surface area contributed by atoms with Crippen LogP contribution >= 0.6 is 0 Å². The van der Waals surface area contributed by atoms with Crippen molar-refractivity contribution < 1.29 is 20.9 Å². The first kappa shape index (κ1) is 56.3. The standard InChI is InChI=1S/4C4H10.C2H4O2.2H2O.2Sn/c4*1-3-4-2;1-2(3)4;;;;/h4*3-4H2,1-2H3;1H3,(H,3,4);2*1H2;;/p-1. The summed E-state index contributed by atoms with van der Waals surface area (Å²) in [5.41, 5.74) is 0. The Morgan fingerprint density at radius 1 is 0.542 bits per heavy atom. The topological polar surface area (TPSA) is 103 Å². The molecule has 24 heavy (non-hydrogen) atoms. The van der Waals surface area contributed by atoms with Crippen LogP contribution in [0.4, 0.5) is 0 Å². The van der Waals surface area contributed by atoms with E-state index in [0.29, 0.717) is 0 Å². The minimum Gasteiger partial charge on any atom is -0.550 e. The molecular formula is C18H47O4Sn2-. The fraction of sp³-hybridized carbons (Fsp3) is 0.944. The molecule has 0 aliphatic carbocycles. The number of carboxylic acids is 1. The summed E-state index contributed by atoms with van der Waals surface area (Å²) in [5.74, 6) is -1.08. The number of carbonyl (C=O) groups is 1. The molecule has 0 spiro atoms. The van der Waals surface area contributed by atoms with Crippen LogP contribution in [-0.2, 0) is 4.79 Å². The van der Waals surface area contributed by atoms with Crippen LogP contribution in [0.5, 0.6) is 0 Å². The largest absolute Gasteiger partial charge is 0.550 e. The van der Waals surface area contributed by atoms with Crippen LogP contribution in [0.25, 0.3) is 0 Å². The van der Waals surface area contributed by atoms with Gasteiger partial charge in [-0.25, -0.2) is 0 Å². The zero-order valence-electron chi connectivity index (χ0n) is 18.0. The number of carboxylic acid groups (broad SMARTS) is 1.